The highest BCUT2D eigenvalue weighted by Crippen LogP contribution is 2.52. The predicted octanol–water partition coefficient (Wildman–Crippen LogP) is 7.39. The molecule has 1 heterocycles. The molecule has 211 valence electrons. The Morgan fingerprint density at radius 3 is 1.98 bits per heavy atom. The van der Waals surface area contributed by atoms with Crippen molar-refractivity contribution in [2.45, 2.75) is 44.5 Å². The van der Waals surface area contributed by atoms with E-state index in [1.54, 1.807) is 27.4 Å². The standard InChI is InChI=1S/C38H33BNO3/c1-36(2,41)37(3,4)43-39-31-22-26(25-40)21-28(23-31)27-19-20-33-32-17-11-12-18-34(32)38(42-35(33)24-27,29-13-7-5-8-14-29)30-15-9-6-10-16-30/h5-24,41H,1-4H3. The van der Waals surface area contributed by atoms with Crippen molar-refractivity contribution >= 4 is 12.9 Å². The lowest BCUT2D eigenvalue weighted by Gasteiger charge is -2.41. The molecule has 1 aliphatic heterocycles. The second-order valence-electron chi connectivity index (χ2n) is 12.0. The van der Waals surface area contributed by atoms with E-state index < -0.39 is 16.8 Å². The van der Waals surface area contributed by atoms with Gasteiger partial charge in [0.25, 0.3) is 0 Å². The van der Waals surface area contributed by atoms with Gasteiger partial charge in [0.05, 0.1) is 22.8 Å². The zero-order valence-electron chi connectivity index (χ0n) is 24.8. The van der Waals surface area contributed by atoms with Gasteiger partial charge in [-0.3, -0.25) is 0 Å². The number of hydrogen-bond donors (Lipinski definition) is 1. The zero-order chi connectivity index (χ0) is 30.2. The Morgan fingerprint density at radius 2 is 1.35 bits per heavy atom. The normalized spacial score (nSPS) is 13.7. The Labute approximate surface area is 254 Å². The van der Waals surface area contributed by atoms with Crippen LogP contribution in [0.5, 0.6) is 5.75 Å². The topological polar surface area (TPSA) is 62.5 Å². The van der Waals surface area contributed by atoms with Gasteiger partial charge in [-0.25, -0.2) is 0 Å². The van der Waals surface area contributed by atoms with Crippen LogP contribution in [0.1, 0.15) is 49.9 Å². The maximum absolute atomic E-state index is 10.5. The molecule has 1 N–H and O–H groups in total. The van der Waals surface area contributed by atoms with E-state index >= 15 is 0 Å². The van der Waals surface area contributed by atoms with E-state index in [0.717, 1.165) is 50.2 Å². The highest BCUT2D eigenvalue weighted by Gasteiger charge is 2.44. The summed E-state index contributed by atoms with van der Waals surface area (Å²) in [4.78, 5) is 0. The number of benzene rings is 5. The summed E-state index contributed by atoms with van der Waals surface area (Å²) in [6.45, 7) is 7.11. The van der Waals surface area contributed by atoms with Crippen LogP contribution in [0.2, 0.25) is 0 Å². The van der Waals surface area contributed by atoms with Gasteiger partial charge in [-0.1, -0.05) is 109 Å². The summed E-state index contributed by atoms with van der Waals surface area (Å²) in [6.07, 6.45) is 0. The maximum Gasteiger partial charge on any atom is 0.330 e. The first-order chi connectivity index (χ1) is 20.6. The highest BCUT2D eigenvalue weighted by atomic mass is 16.5. The first-order valence-corrected chi connectivity index (χ1v) is 14.5. The van der Waals surface area contributed by atoms with Gasteiger partial charge >= 0.3 is 7.48 Å². The fourth-order valence-corrected chi connectivity index (χ4v) is 5.51. The molecule has 4 nitrogen and oxygen atoms in total. The molecule has 1 radical (unpaired) electrons. The van der Waals surface area contributed by atoms with Crippen molar-refractivity contribution in [3.63, 3.8) is 0 Å². The quantitative estimate of drug-likeness (QED) is 0.210. The first kappa shape index (κ1) is 28.5. The van der Waals surface area contributed by atoms with Crippen LogP contribution in [0.15, 0.2) is 121 Å². The monoisotopic (exact) mass is 562 g/mol. The number of ether oxygens (including phenoxy) is 1. The Morgan fingerprint density at radius 1 is 0.721 bits per heavy atom. The largest absolute Gasteiger partial charge is 0.472 e. The molecular formula is C38H33BNO3. The Kier molecular flexibility index (Phi) is 7.22. The average Bonchev–Trinajstić information content (AvgIpc) is 3.03. The molecular weight excluding hydrogens is 529 g/mol. The summed E-state index contributed by atoms with van der Waals surface area (Å²) >= 11 is 0. The molecule has 0 atom stereocenters. The fraction of sp³-hybridized carbons (Fsp3) is 0.184. The second-order valence-corrected chi connectivity index (χ2v) is 12.0. The van der Waals surface area contributed by atoms with Crippen molar-refractivity contribution in [1.29, 1.82) is 5.26 Å². The molecule has 0 amide bonds. The van der Waals surface area contributed by atoms with Gasteiger partial charge in [0.15, 0.2) is 5.60 Å². The third-order valence-corrected chi connectivity index (χ3v) is 8.58. The molecule has 0 unspecified atom stereocenters. The number of nitrogens with zero attached hydrogens (tertiary/aromatic N) is 1. The maximum atomic E-state index is 10.5. The van der Waals surface area contributed by atoms with E-state index in [9.17, 15) is 10.4 Å². The smallest absolute Gasteiger partial charge is 0.330 e. The summed E-state index contributed by atoms with van der Waals surface area (Å²) < 4.78 is 13.2. The van der Waals surface area contributed by atoms with Crippen LogP contribution in [0.3, 0.4) is 0 Å². The minimum absolute atomic E-state index is 0.514. The average molecular weight is 562 g/mol. The van der Waals surface area contributed by atoms with Crippen LogP contribution in [0.4, 0.5) is 0 Å². The SMILES string of the molecule is CC(C)(O)C(C)(C)O[B]c1cc(C#N)cc(-c2ccc3c(c2)OC(c2ccccc2)(c2ccccc2)c2ccccc2-3)c1. The first-order valence-electron chi connectivity index (χ1n) is 14.5. The minimum atomic E-state index is -1.06. The summed E-state index contributed by atoms with van der Waals surface area (Å²) in [5.74, 6) is 0.760. The van der Waals surface area contributed by atoms with E-state index in [4.69, 9.17) is 9.39 Å². The van der Waals surface area contributed by atoms with Crippen LogP contribution in [-0.4, -0.2) is 23.8 Å². The van der Waals surface area contributed by atoms with Gasteiger partial charge in [0.1, 0.15) is 5.75 Å². The lowest BCUT2D eigenvalue weighted by atomic mass is 9.75. The van der Waals surface area contributed by atoms with E-state index in [1.165, 1.54) is 0 Å². The molecule has 43 heavy (non-hydrogen) atoms. The molecule has 0 aliphatic carbocycles. The van der Waals surface area contributed by atoms with Gasteiger partial charge in [-0.05, 0) is 62.6 Å². The number of fused-ring (bicyclic) bond motifs is 3. The van der Waals surface area contributed by atoms with Gasteiger partial charge in [-0.2, -0.15) is 5.26 Å². The molecule has 5 heteroatoms. The molecule has 0 aromatic heterocycles. The van der Waals surface area contributed by atoms with E-state index in [-0.39, 0.29) is 0 Å². The van der Waals surface area contributed by atoms with Crippen LogP contribution >= 0.6 is 0 Å². The molecule has 5 aromatic rings. The highest BCUT2D eigenvalue weighted by molar-refractivity contribution is 6.47. The van der Waals surface area contributed by atoms with Gasteiger partial charge in [-0.15, -0.1) is 0 Å². The summed E-state index contributed by atoms with van der Waals surface area (Å²) in [6, 6.07) is 43.3. The van der Waals surface area contributed by atoms with Crippen molar-refractivity contribution in [3.8, 4) is 34.1 Å². The van der Waals surface area contributed by atoms with E-state index in [2.05, 4.69) is 72.8 Å². The zero-order valence-corrected chi connectivity index (χ0v) is 24.8. The molecule has 0 bridgehead atoms. The van der Waals surface area contributed by atoms with Gasteiger partial charge < -0.3 is 14.5 Å². The second kappa shape index (κ2) is 10.9. The van der Waals surface area contributed by atoms with Crippen molar-refractivity contribution < 1.29 is 14.5 Å². The molecule has 1 aliphatic rings. The predicted molar refractivity (Wildman–Crippen MR) is 172 cm³/mol. The van der Waals surface area contributed by atoms with Gasteiger partial charge in [0, 0.05) is 22.3 Å². The molecule has 0 saturated carbocycles. The number of nitriles is 1. The van der Waals surface area contributed by atoms with Crippen LogP contribution < -0.4 is 10.2 Å². The lowest BCUT2D eigenvalue weighted by Crippen LogP contribution is -2.49. The summed E-state index contributed by atoms with van der Waals surface area (Å²) in [5, 5.41) is 20.4. The van der Waals surface area contributed by atoms with Crippen molar-refractivity contribution in [1.82, 2.24) is 0 Å². The summed E-state index contributed by atoms with van der Waals surface area (Å²) in [5.41, 5.74) is 5.59. The Balaban J connectivity index is 1.48. The summed E-state index contributed by atoms with van der Waals surface area (Å²) in [7, 11) is 1.61. The van der Waals surface area contributed by atoms with E-state index in [1.807, 2.05) is 62.4 Å². The third-order valence-electron chi connectivity index (χ3n) is 8.58. The number of aliphatic hydroxyl groups is 1. The molecule has 0 saturated heterocycles. The minimum Gasteiger partial charge on any atom is -0.472 e. The van der Waals surface area contributed by atoms with Gasteiger partial charge in [0.2, 0.25) is 0 Å². The lowest BCUT2D eigenvalue weighted by molar-refractivity contribution is -0.0893. The van der Waals surface area contributed by atoms with Crippen LogP contribution in [0.25, 0.3) is 22.3 Å². The van der Waals surface area contributed by atoms with Crippen molar-refractivity contribution in [3.05, 3.63) is 144 Å². The molecule has 0 spiro atoms. The molecule has 6 rings (SSSR count). The van der Waals surface area contributed by atoms with Crippen LogP contribution in [0, 0.1) is 11.3 Å². The third kappa shape index (κ3) is 5.14. The number of rotatable bonds is 7. The Hall–Kier alpha value is -4.63. The molecule has 5 aromatic carbocycles. The van der Waals surface area contributed by atoms with Crippen molar-refractivity contribution in [2.24, 2.45) is 0 Å². The number of hydrogen-bond acceptors (Lipinski definition) is 4. The van der Waals surface area contributed by atoms with Crippen molar-refractivity contribution in [2.75, 3.05) is 0 Å². The fourth-order valence-electron chi connectivity index (χ4n) is 5.51. The van der Waals surface area contributed by atoms with Crippen LogP contribution in [-0.2, 0) is 10.3 Å². The Bertz CT molecular complexity index is 1780. The molecule has 0 fully saturated rings. The van der Waals surface area contributed by atoms with E-state index in [0.29, 0.717) is 5.56 Å².